The van der Waals surface area contributed by atoms with Gasteiger partial charge in [0.1, 0.15) is 5.56 Å². The molecule has 8 heteroatoms. The lowest BCUT2D eigenvalue weighted by molar-refractivity contribution is -0.173. The molecule has 0 aliphatic carbocycles. The zero-order valence-electron chi connectivity index (χ0n) is 10.1. The zero-order chi connectivity index (χ0) is 14.1. The van der Waals surface area contributed by atoms with E-state index in [4.69, 9.17) is 0 Å². The first-order valence-corrected chi connectivity index (χ1v) is 5.05. The molecule has 0 saturated carbocycles. The molecule has 1 heterocycles. The van der Waals surface area contributed by atoms with Gasteiger partial charge in [-0.2, -0.15) is 8.78 Å². The van der Waals surface area contributed by atoms with Crippen LogP contribution in [-0.4, -0.2) is 21.7 Å². The fourth-order valence-corrected chi connectivity index (χ4v) is 1.36. The Kier molecular flexibility index (Phi) is 3.68. The van der Waals surface area contributed by atoms with E-state index in [1.807, 2.05) is 0 Å². The minimum Gasteiger partial charge on any atom is -0.461 e. The largest absolute Gasteiger partial charge is 0.461 e. The fourth-order valence-electron chi connectivity index (χ4n) is 1.36. The fraction of sp³-hybridized carbons (Fsp3) is 0.500. The molecule has 0 aliphatic heterocycles. The van der Waals surface area contributed by atoms with E-state index in [2.05, 4.69) is 4.74 Å². The van der Waals surface area contributed by atoms with Gasteiger partial charge in [-0.05, 0) is 6.92 Å². The normalized spacial score (nSPS) is 11.4. The lowest BCUT2D eigenvalue weighted by atomic mass is 10.2. The SMILES string of the molecule is CCOC(=O)C(F)(F)c1cn(C)c(=O)n(C)c1=O. The first-order chi connectivity index (χ1) is 8.23. The van der Waals surface area contributed by atoms with Crippen LogP contribution in [0, 0.1) is 0 Å². The molecule has 1 rings (SSSR count). The van der Waals surface area contributed by atoms with Crippen LogP contribution in [0.1, 0.15) is 12.5 Å². The highest BCUT2D eigenvalue weighted by Crippen LogP contribution is 2.26. The molecule has 0 unspecified atom stereocenters. The molecule has 1 aromatic heterocycles. The molecular formula is C10H12F2N2O4. The average Bonchev–Trinajstić information content (AvgIpc) is 2.31. The second-order valence-electron chi connectivity index (χ2n) is 3.60. The van der Waals surface area contributed by atoms with Gasteiger partial charge < -0.3 is 9.30 Å². The highest BCUT2D eigenvalue weighted by molar-refractivity contribution is 5.79. The second kappa shape index (κ2) is 4.71. The number of carbonyl (C=O) groups is 1. The molecule has 0 radical (unpaired) electrons. The molecule has 1 aromatic rings. The maximum Gasteiger partial charge on any atom is 0.382 e. The minimum atomic E-state index is -4.09. The maximum atomic E-state index is 13.7. The van der Waals surface area contributed by atoms with Crippen LogP contribution in [-0.2, 0) is 29.5 Å². The van der Waals surface area contributed by atoms with E-state index in [1.54, 1.807) is 0 Å². The van der Waals surface area contributed by atoms with Crippen LogP contribution in [0.15, 0.2) is 15.8 Å². The highest BCUT2D eigenvalue weighted by atomic mass is 19.3. The number of halogens is 2. The summed E-state index contributed by atoms with van der Waals surface area (Å²) in [6.45, 7) is 1.13. The molecule has 0 spiro atoms. The van der Waals surface area contributed by atoms with Crippen molar-refractivity contribution in [3.63, 3.8) is 0 Å². The van der Waals surface area contributed by atoms with E-state index in [1.165, 1.54) is 14.0 Å². The minimum absolute atomic E-state index is 0.236. The van der Waals surface area contributed by atoms with Crippen molar-refractivity contribution in [1.82, 2.24) is 9.13 Å². The second-order valence-corrected chi connectivity index (χ2v) is 3.60. The van der Waals surface area contributed by atoms with Crippen molar-refractivity contribution in [2.24, 2.45) is 14.1 Å². The summed E-state index contributed by atoms with van der Waals surface area (Å²) >= 11 is 0. The summed E-state index contributed by atoms with van der Waals surface area (Å²) in [6, 6.07) is 0. The van der Waals surface area contributed by atoms with Crippen molar-refractivity contribution in [1.29, 1.82) is 0 Å². The summed E-state index contributed by atoms with van der Waals surface area (Å²) in [5.41, 5.74) is -3.08. The molecule has 0 N–H and O–H groups in total. The van der Waals surface area contributed by atoms with E-state index in [0.29, 0.717) is 10.8 Å². The van der Waals surface area contributed by atoms with E-state index in [9.17, 15) is 23.2 Å². The van der Waals surface area contributed by atoms with Crippen LogP contribution < -0.4 is 11.2 Å². The van der Waals surface area contributed by atoms with E-state index in [-0.39, 0.29) is 6.61 Å². The first-order valence-electron chi connectivity index (χ1n) is 5.05. The number of carbonyl (C=O) groups excluding carboxylic acids is 1. The Morgan fingerprint density at radius 2 is 1.94 bits per heavy atom. The van der Waals surface area contributed by atoms with Gasteiger partial charge in [0.25, 0.3) is 5.56 Å². The number of hydrogen-bond donors (Lipinski definition) is 0. The number of esters is 1. The van der Waals surface area contributed by atoms with Crippen LogP contribution in [0.2, 0.25) is 0 Å². The average molecular weight is 262 g/mol. The first kappa shape index (κ1) is 14.1. The highest BCUT2D eigenvalue weighted by Gasteiger charge is 2.45. The van der Waals surface area contributed by atoms with E-state index < -0.39 is 28.7 Å². The van der Waals surface area contributed by atoms with Gasteiger partial charge in [0.2, 0.25) is 0 Å². The Morgan fingerprint density at radius 3 is 2.44 bits per heavy atom. The summed E-state index contributed by atoms with van der Waals surface area (Å²) < 4.78 is 32.9. The van der Waals surface area contributed by atoms with Gasteiger partial charge >= 0.3 is 17.6 Å². The lowest BCUT2D eigenvalue weighted by Gasteiger charge is -2.15. The van der Waals surface area contributed by atoms with Crippen molar-refractivity contribution >= 4 is 5.97 Å². The summed E-state index contributed by atoms with van der Waals surface area (Å²) in [4.78, 5) is 34.0. The van der Waals surface area contributed by atoms with Gasteiger partial charge in [-0.15, -0.1) is 0 Å². The molecular weight excluding hydrogens is 250 g/mol. The number of aryl methyl sites for hydroxylation is 1. The summed E-state index contributed by atoms with van der Waals surface area (Å²) in [5, 5.41) is 0. The molecule has 0 bridgehead atoms. The molecule has 0 aliphatic rings. The van der Waals surface area contributed by atoms with Gasteiger partial charge in [-0.1, -0.05) is 0 Å². The number of rotatable bonds is 3. The third-order valence-electron chi connectivity index (χ3n) is 2.32. The van der Waals surface area contributed by atoms with Crippen LogP contribution in [0.3, 0.4) is 0 Å². The van der Waals surface area contributed by atoms with E-state index in [0.717, 1.165) is 11.6 Å². The molecule has 100 valence electrons. The van der Waals surface area contributed by atoms with Crippen molar-refractivity contribution < 1.29 is 18.3 Å². The molecule has 0 atom stereocenters. The predicted molar refractivity (Wildman–Crippen MR) is 57.5 cm³/mol. The van der Waals surface area contributed by atoms with Crippen LogP contribution in [0.4, 0.5) is 8.78 Å². The lowest BCUT2D eigenvalue weighted by Crippen LogP contribution is -2.43. The Balaban J connectivity index is 3.47. The van der Waals surface area contributed by atoms with E-state index >= 15 is 0 Å². The van der Waals surface area contributed by atoms with Crippen molar-refractivity contribution in [3.05, 3.63) is 32.6 Å². The van der Waals surface area contributed by atoms with Gasteiger partial charge in [0.15, 0.2) is 0 Å². The molecule has 0 saturated heterocycles. The Labute approximate surface area is 100 Å². The monoisotopic (exact) mass is 262 g/mol. The molecule has 18 heavy (non-hydrogen) atoms. The molecule has 0 amide bonds. The molecule has 0 fully saturated rings. The Morgan fingerprint density at radius 1 is 1.39 bits per heavy atom. The number of hydrogen-bond acceptors (Lipinski definition) is 4. The Bertz CT molecular complexity index is 589. The molecule has 6 nitrogen and oxygen atoms in total. The third kappa shape index (κ3) is 2.18. The summed E-state index contributed by atoms with van der Waals surface area (Å²) in [5.74, 6) is -5.91. The van der Waals surface area contributed by atoms with Crippen LogP contribution in [0.5, 0.6) is 0 Å². The topological polar surface area (TPSA) is 70.3 Å². The van der Waals surface area contributed by atoms with Crippen LogP contribution >= 0.6 is 0 Å². The summed E-state index contributed by atoms with van der Waals surface area (Å²) in [6.07, 6.45) is 0.640. The van der Waals surface area contributed by atoms with Crippen molar-refractivity contribution in [2.45, 2.75) is 12.8 Å². The third-order valence-corrected chi connectivity index (χ3v) is 2.32. The van der Waals surface area contributed by atoms with Crippen molar-refractivity contribution in [3.8, 4) is 0 Å². The van der Waals surface area contributed by atoms with Gasteiger partial charge in [-0.3, -0.25) is 9.36 Å². The quantitative estimate of drug-likeness (QED) is 0.704. The van der Waals surface area contributed by atoms with Gasteiger partial charge in [0, 0.05) is 20.3 Å². The van der Waals surface area contributed by atoms with Gasteiger partial charge in [0.05, 0.1) is 6.61 Å². The van der Waals surface area contributed by atoms with Crippen LogP contribution in [0.25, 0.3) is 0 Å². The zero-order valence-corrected chi connectivity index (χ0v) is 10.1. The predicted octanol–water partition coefficient (Wildman–Crippen LogP) is -0.261. The molecule has 0 aromatic carbocycles. The number of nitrogens with zero attached hydrogens (tertiary/aromatic N) is 2. The number of alkyl halides is 2. The van der Waals surface area contributed by atoms with Crippen molar-refractivity contribution in [2.75, 3.05) is 6.61 Å². The standard InChI is InChI=1S/C10H12F2N2O4/c1-4-18-8(16)10(11,12)6-5-13(2)9(17)14(3)7(6)15/h5H,4H2,1-3H3. The smallest absolute Gasteiger partial charge is 0.382 e. The Hall–Kier alpha value is -1.99. The van der Waals surface area contributed by atoms with Gasteiger partial charge in [-0.25, -0.2) is 9.59 Å². The maximum absolute atomic E-state index is 13.7. The summed E-state index contributed by atoms with van der Waals surface area (Å²) in [7, 11) is 2.25. The number of ether oxygens (including phenoxy) is 1. The number of aromatic nitrogens is 2.